The van der Waals surface area contributed by atoms with Crippen LogP contribution in [0.4, 0.5) is 5.69 Å². The Hall–Kier alpha value is -1.53. The Balaban J connectivity index is 2.24. The molecule has 19 heavy (non-hydrogen) atoms. The van der Waals surface area contributed by atoms with E-state index >= 15 is 0 Å². The van der Waals surface area contributed by atoms with Crippen molar-refractivity contribution in [1.82, 2.24) is 0 Å². The normalized spacial score (nSPS) is 18.7. The maximum absolute atomic E-state index is 9.32. The van der Waals surface area contributed by atoms with E-state index in [-0.39, 0.29) is 0 Å². The molecule has 1 saturated heterocycles. The molecule has 0 bridgehead atoms. The molecular weight excluding hydrogens is 234 g/mol. The maximum Gasteiger partial charge on any atom is 0.101 e. The van der Waals surface area contributed by atoms with Gasteiger partial charge in [-0.2, -0.15) is 5.26 Å². The zero-order chi connectivity index (χ0) is 13.9. The van der Waals surface area contributed by atoms with Gasteiger partial charge in [0.25, 0.3) is 0 Å². The van der Waals surface area contributed by atoms with Crippen LogP contribution in [0.25, 0.3) is 0 Å². The summed E-state index contributed by atoms with van der Waals surface area (Å²) in [7, 11) is 0. The maximum atomic E-state index is 9.32. The molecule has 0 saturated carbocycles. The Bertz CT molecular complexity index is 485. The Kier molecular flexibility index (Phi) is 4.11. The van der Waals surface area contributed by atoms with Crippen LogP contribution in [0.5, 0.6) is 0 Å². The fourth-order valence-corrected chi connectivity index (χ4v) is 2.74. The van der Waals surface area contributed by atoms with Crippen LogP contribution in [0.15, 0.2) is 18.2 Å². The van der Waals surface area contributed by atoms with Crippen LogP contribution in [0, 0.1) is 16.7 Å². The largest absolute Gasteiger partial charge is 0.370 e. The second-order valence-corrected chi connectivity index (χ2v) is 6.17. The van der Waals surface area contributed by atoms with E-state index in [9.17, 15) is 5.26 Å². The van der Waals surface area contributed by atoms with Crippen molar-refractivity contribution in [1.29, 1.82) is 5.26 Å². The van der Waals surface area contributed by atoms with E-state index < -0.39 is 0 Å². The van der Waals surface area contributed by atoms with Crippen molar-refractivity contribution < 1.29 is 0 Å². The summed E-state index contributed by atoms with van der Waals surface area (Å²) in [4.78, 5) is 2.35. The van der Waals surface area contributed by atoms with E-state index in [1.807, 2.05) is 12.1 Å². The molecule has 0 spiro atoms. The van der Waals surface area contributed by atoms with Crippen LogP contribution >= 0.6 is 0 Å². The van der Waals surface area contributed by atoms with Crippen LogP contribution in [-0.4, -0.2) is 13.1 Å². The van der Waals surface area contributed by atoms with Gasteiger partial charge in [0.1, 0.15) is 6.07 Å². The van der Waals surface area contributed by atoms with Gasteiger partial charge in [-0.3, -0.25) is 0 Å². The predicted molar refractivity (Wildman–Crippen MR) is 78.9 cm³/mol. The number of rotatable bonds is 2. The number of hydrogen-bond acceptors (Lipinski definition) is 3. The summed E-state index contributed by atoms with van der Waals surface area (Å²) in [6.45, 7) is 7.23. The van der Waals surface area contributed by atoms with Crippen LogP contribution in [0.2, 0.25) is 0 Å². The van der Waals surface area contributed by atoms with Crippen LogP contribution in [0.3, 0.4) is 0 Å². The molecule has 0 atom stereocenters. The molecular formula is C16H23N3. The van der Waals surface area contributed by atoms with E-state index in [2.05, 4.69) is 30.9 Å². The third-order valence-corrected chi connectivity index (χ3v) is 4.10. The van der Waals surface area contributed by atoms with Gasteiger partial charge in [-0.25, -0.2) is 0 Å². The lowest BCUT2D eigenvalue weighted by Gasteiger charge is -2.25. The first-order valence-electron chi connectivity index (χ1n) is 7.04. The summed E-state index contributed by atoms with van der Waals surface area (Å²) in [6, 6.07) is 8.32. The average Bonchev–Trinajstić information content (AvgIpc) is 2.59. The van der Waals surface area contributed by atoms with E-state index in [0.717, 1.165) is 29.9 Å². The number of benzene rings is 1. The number of nitrogens with two attached hydrogens (primary N) is 1. The highest BCUT2D eigenvalue weighted by atomic mass is 15.1. The van der Waals surface area contributed by atoms with Gasteiger partial charge in [0.15, 0.2) is 0 Å². The van der Waals surface area contributed by atoms with Gasteiger partial charge in [0.05, 0.1) is 11.3 Å². The SMILES string of the molecule is CC1(C)CCCN(c2ccc(CN)cc2C#N)CC1. The Labute approximate surface area is 116 Å². The second-order valence-electron chi connectivity index (χ2n) is 6.17. The molecule has 3 nitrogen and oxygen atoms in total. The molecule has 0 radical (unpaired) electrons. The molecule has 1 fully saturated rings. The first-order chi connectivity index (χ1) is 9.05. The van der Waals surface area contributed by atoms with Gasteiger partial charge in [-0.05, 0) is 42.4 Å². The van der Waals surface area contributed by atoms with E-state index in [4.69, 9.17) is 5.73 Å². The molecule has 102 valence electrons. The minimum absolute atomic E-state index is 0.415. The van der Waals surface area contributed by atoms with Crippen LogP contribution in [0.1, 0.15) is 44.2 Å². The fourth-order valence-electron chi connectivity index (χ4n) is 2.74. The lowest BCUT2D eigenvalue weighted by Crippen LogP contribution is -2.25. The molecule has 3 heteroatoms. The molecule has 0 unspecified atom stereocenters. The van der Waals surface area contributed by atoms with Crippen molar-refractivity contribution >= 4 is 5.69 Å². The zero-order valence-corrected chi connectivity index (χ0v) is 11.9. The Morgan fingerprint density at radius 3 is 2.79 bits per heavy atom. The summed E-state index contributed by atoms with van der Waals surface area (Å²) >= 11 is 0. The minimum atomic E-state index is 0.415. The molecule has 0 amide bonds. The van der Waals surface area contributed by atoms with Crippen molar-refractivity contribution in [3.8, 4) is 6.07 Å². The summed E-state index contributed by atoms with van der Waals surface area (Å²) < 4.78 is 0. The van der Waals surface area contributed by atoms with Gasteiger partial charge in [-0.1, -0.05) is 19.9 Å². The number of hydrogen-bond donors (Lipinski definition) is 1. The summed E-state index contributed by atoms with van der Waals surface area (Å²) in [5, 5.41) is 9.32. The average molecular weight is 257 g/mol. The topological polar surface area (TPSA) is 53.0 Å². The van der Waals surface area contributed by atoms with E-state index in [0.29, 0.717) is 12.0 Å². The highest BCUT2D eigenvalue weighted by Crippen LogP contribution is 2.32. The molecule has 0 aliphatic carbocycles. The van der Waals surface area contributed by atoms with Gasteiger partial charge >= 0.3 is 0 Å². The number of nitriles is 1. The zero-order valence-electron chi connectivity index (χ0n) is 11.9. The number of nitrogens with zero attached hydrogens (tertiary/aromatic N) is 2. The molecule has 1 aliphatic rings. The van der Waals surface area contributed by atoms with Crippen molar-refractivity contribution in [3.63, 3.8) is 0 Å². The Morgan fingerprint density at radius 1 is 1.32 bits per heavy atom. The van der Waals surface area contributed by atoms with Crippen molar-refractivity contribution in [2.75, 3.05) is 18.0 Å². The van der Waals surface area contributed by atoms with Gasteiger partial charge < -0.3 is 10.6 Å². The smallest absolute Gasteiger partial charge is 0.101 e. The Morgan fingerprint density at radius 2 is 2.11 bits per heavy atom. The summed E-state index contributed by atoms with van der Waals surface area (Å²) in [5.41, 5.74) is 8.90. The van der Waals surface area contributed by atoms with Crippen LogP contribution in [-0.2, 0) is 6.54 Å². The summed E-state index contributed by atoms with van der Waals surface area (Å²) in [5.74, 6) is 0. The number of anilines is 1. The molecule has 1 aromatic rings. The second kappa shape index (κ2) is 5.63. The first-order valence-corrected chi connectivity index (χ1v) is 7.04. The molecule has 1 aromatic carbocycles. The quantitative estimate of drug-likeness (QED) is 0.886. The van der Waals surface area contributed by atoms with Crippen molar-refractivity contribution in [3.05, 3.63) is 29.3 Å². The lowest BCUT2D eigenvalue weighted by atomic mass is 9.85. The molecule has 2 N–H and O–H groups in total. The van der Waals surface area contributed by atoms with Gasteiger partial charge in [0.2, 0.25) is 0 Å². The van der Waals surface area contributed by atoms with Crippen molar-refractivity contribution in [2.24, 2.45) is 11.1 Å². The minimum Gasteiger partial charge on any atom is -0.370 e. The van der Waals surface area contributed by atoms with Crippen LogP contribution < -0.4 is 10.6 Å². The predicted octanol–water partition coefficient (Wildman–Crippen LogP) is 3.03. The van der Waals surface area contributed by atoms with Crippen molar-refractivity contribution in [2.45, 2.75) is 39.7 Å². The third-order valence-electron chi connectivity index (χ3n) is 4.10. The molecule has 1 aliphatic heterocycles. The standard InChI is InChI=1S/C16H23N3/c1-16(2)6-3-8-19(9-7-16)15-5-4-13(11-17)10-14(15)12-18/h4-5,10H,3,6-9,11,17H2,1-2H3. The molecule has 2 rings (SSSR count). The fraction of sp³-hybridized carbons (Fsp3) is 0.562. The monoisotopic (exact) mass is 257 g/mol. The van der Waals surface area contributed by atoms with Gasteiger partial charge in [0, 0.05) is 19.6 Å². The van der Waals surface area contributed by atoms with E-state index in [1.165, 1.54) is 19.3 Å². The highest BCUT2D eigenvalue weighted by molar-refractivity contribution is 5.60. The summed E-state index contributed by atoms with van der Waals surface area (Å²) in [6.07, 6.45) is 3.62. The highest BCUT2D eigenvalue weighted by Gasteiger charge is 2.24. The van der Waals surface area contributed by atoms with Gasteiger partial charge in [-0.15, -0.1) is 0 Å². The molecule has 1 heterocycles. The van der Waals surface area contributed by atoms with E-state index in [1.54, 1.807) is 0 Å². The molecule has 0 aromatic heterocycles. The lowest BCUT2D eigenvalue weighted by molar-refractivity contribution is 0.325. The third kappa shape index (κ3) is 3.27. The first kappa shape index (κ1) is 13.9.